The molecule has 1 unspecified atom stereocenters. The number of nitrogens with two attached hydrogens (primary N) is 1. The molecule has 0 aliphatic rings. The second-order valence-corrected chi connectivity index (χ2v) is 4.89. The van der Waals surface area contributed by atoms with E-state index < -0.39 is 5.41 Å². The van der Waals surface area contributed by atoms with E-state index in [9.17, 15) is 4.79 Å². The van der Waals surface area contributed by atoms with Crippen LogP contribution in [0.25, 0.3) is 0 Å². The number of aryl methyl sites for hydroxylation is 1. The topological polar surface area (TPSA) is 61.5 Å². The Morgan fingerprint density at radius 1 is 1.35 bits per heavy atom. The molecule has 0 amide bonds. The van der Waals surface area contributed by atoms with Crippen molar-refractivity contribution in [3.8, 4) is 0 Å². The third-order valence-electron chi connectivity index (χ3n) is 3.68. The Kier molecular flexibility index (Phi) is 6.68. The maximum absolute atomic E-state index is 12.3. The molecule has 0 fully saturated rings. The minimum Gasteiger partial charge on any atom is -0.468 e. The molecule has 1 atom stereocenters. The Morgan fingerprint density at radius 2 is 2.05 bits per heavy atom. The second-order valence-electron chi connectivity index (χ2n) is 4.89. The maximum Gasteiger partial charge on any atom is 0.317 e. The quantitative estimate of drug-likeness (QED) is 0.585. The molecule has 1 aromatic carbocycles. The number of methoxy groups -OCH3 is 1. The molecule has 0 heterocycles. The average Bonchev–Trinajstić information content (AvgIpc) is 2.48. The zero-order valence-electron chi connectivity index (χ0n) is 12.6. The van der Waals surface area contributed by atoms with Gasteiger partial charge in [0.2, 0.25) is 0 Å². The molecule has 0 aromatic heterocycles. The van der Waals surface area contributed by atoms with Gasteiger partial charge in [0.1, 0.15) is 5.41 Å². The van der Waals surface area contributed by atoms with Gasteiger partial charge >= 0.3 is 5.97 Å². The molecule has 0 radical (unpaired) electrons. The van der Waals surface area contributed by atoms with Gasteiger partial charge in [0.25, 0.3) is 0 Å². The Balaban J connectivity index is 3.06. The van der Waals surface area contributed by atoms with Crippen molar-refractivity contribution >= 4 is 5.97 Å². The lowest BCUT2D eigenvalue weighted by molar-refractivity contribution is -0.147. The fraction of sp³-hybridized carbons (Fsp3) is 0.562. The lowest BCUT2D eigenvalue weighted by atomic mass is 9.75. The third-order valence-corrected chi connectivity index (χ3v) is 3.68. The van der Waals surface area contributed by atoms with Crippen LogP contribution in [0.3, 0.4) is 0 Å². The van der Waals surface area contributed by atoms with Crippen LogP contribution in [0.4, 0.5) is 0 Å². The van der Waals surface area contributed by atoms with Crippen molar-refractivity contribution in [1.82, 2.24) is 0 Å². The van der Waals surface area contributed by atoms with Gasteiger partial charge in [0, 0.05) is 19.8 Å². The molecule has 0 saturated carbocycles. The lowest BCUT2D eigenvalue weighted by Crippen LogP contribution is -2.44. The first-order valence-electron chi connectivity index (χ1n) is 7.04. The first-order chi connectivity index (χ1) is 9.62. The summed E-state index contributed by atoms with van der Waals surface area (Å²) >= 11 is 0. The molecule has 4 heteroatoms. The van der Waals surface area contributed by atoms with E-state index in [1.165, 1.54) is 7.11 Å². The van der Waals surface area contributed by atoms with Crippen LogP contribution in [0.15, 0.2) is 24.3 Å². The van der Waals surface area contributed by atoms with Crippen LogP contribution < -0.4 is 5.73 Å². The number of esters is 1. The van der Waals surface area contributed by atoms with Crippen LogP contribution in [0.2, 0.25) is 0 Å². The fourth-order valence-corrected chi connectivity index (χ4v) is 2.57. The molecule has 0 aliphatic heterocycles. The number of carbonyl (C=O) groups is 1. The summed E-state index contributed by atoms with van der Waals surface area (Å²) in [7, 11) is 1.41. The normalized spacial score (nSPS) is 13.8. The Hall–Kier alpha value is -1.39. The summed E-state index contributed by atoms with van der Waals surface area (Å²) in [6, 6.07) is 7.83. The van der Waals surface area contributed by atoms with Crippen LogP contribution in [0.5, 0.6) is 0 Å². The van der Waals surface area contributed by atoms with Gasteiger partial charge in [-0.25, -0.2) is 0 Å². The van der Waals surface area contributed by atoms with E-state index in [-0.39, 0.29) is 12.5 Å². The van der Waals surface area contributed by atoms with E-state index in [1.807, 2.05) is 38.1 Å². The number of benzene rings is 1. The van der Waals surface area contributed by atoms with Crippen LogP contribution in [0, 0.1) is 6.92 Å². The highest BCUT2D eigenvalue weighted by atomic mass is 16.5. The van der Waals surface area contributed by atoms with Gasteiger partial charge in [-0.3, -0.25) is 4.79 Å². The van der Waals surface area contributed by atoms with Gasteiger partial charge in [-0.05, 0) is 37.8 Å². The first-order valence-corrected chi connectivity index (χ1v) is 7.04. The van der Waals surface area contributed by atoms with Crippen LogP contribution >= 0.6 is 0 Å². The average molecular weight is 279 g/mol. The van der Waals surface area contributed by atoms with Crippen molar-refractivity contribution in [1.29, 1.82) is 0 Å². The van der Waals surface area contributed by atoms with Gasteiger partial charge < -0.3 is 15.2 Å². The Bertz CT molecular complexity index is 433. The Morgan fingerprint density at radius 3 is 2.60 bits per heavy atom. The van der Waals surface area contributed by atoms with Crippen molar-refractivity contribution in [3.05, 3.63) is 35.4 Å². The highest BCUT2D eigenvalue weighted by Gasteiger charge is 2.40. The third kappa shape index (κ3) is 3.58. The van der Waals surface area contributed by atoms with Gasteiger partial charge in [0.05, 0.1) is 7.11 Å². The van der Waals surface area contributed by atoms with Crippen LogP contribution in [-0.4, -0.2) is 32.8 Å². The zero-order valence-corrected chi connectivity index (χ0v) is 12.6. The molecule has 0 spiro atoms. The summed E-state index contributed by atoms with van der Waals surface area (Å²) in [5.41, 5.74) is 7.18. The van der Waals surface area contributed by atoms with Crippen molar-refractivity contribution in [2.45, 2.75) is 32.1 Å². The summed E-state index contributed by atoms with van der Waals surface area (Å²) < 4.78 is 10.4. The van der Waals surface area contributed by atoms with Gasteiger partial charge in [-0.1, -0.05) is 24.3 Å². The SMILES string of the molecule is CCOCCCC(CN)(C(=O)OC)c1ccccc1C. The van der Waals surface area contributed by atoms with Crippen molar-refractivity contribution in [2.24, 2.45) is 5.73 Å². The van der Waals surface area contributed by atoms with Gasteiger partial charge in [-0.15, -0.1) is 0 Å². The van der Waals surface area contributed by atoms with E-state index in [2.05, 4.69) is 0 Å². The van der Waals surface area contributed by atoms with Gasteiger partial charge in [0.15, 0.2) is 0 Å². The minimum atomic E-state index is -0.781. The molecule has 112 valence electrons. The number of hydrogen-bond donors (Lipinski definition) is 1. The highest BCUT2D eigenvalue weighted by Crippen LogP contribution is 2.32. The maximum atomic E-state index is 12.3. The van der Waals surface area contributed by atoms with E-state index in [0.29, 0.717) is 19.6 Å². The van der Waals surface area contributed by atoms with Crippen molar-refractivity contribution in [3.63, 3.8) is 0 Å². The van der Waals surface area contributed by atoms with Gasteiger partial charge in [-0.2, -0.15) is 0 Å². The summed E-state index contributed by atoms with van der Waals surface area (Å²) in [6.07, 6.45) is 1.40. The number of rotatable bonds is 8. The standard InChI is InChI=1S/C16H25NO3/c1-4-20-11-7-10-16(12-17,15(18)19-3)14-9-6-5-8-13(14)2/h5-6,8-9H,4,7,10-12,17H2,1-3H3. The highest BCUT2D eigenvalue weighted by molar-refractivity contribution is 5.84. The Labute approximate surface area is 121 Å². The predicted octanol–water partition coefficient (Wildman–Crippen LogP) is 2.18. The summed E-state index contributed by atoms with van der Waals surface area (Å²) in [5.74, 6) is -0.272. The number of ether oxygens (including phenoxy) is 2. The smallest absolute Gasteiger partial charge is 0.317 e. The van der Waals surface area contributed by atoms with E-state index >= 15 is 0 Å². The number of hydrogen-bond acceptors (Lipinski definition) is 4. The molecule has 4 nitrogen and oxygen atoms in total. The van der Waals surface area contributed by atoms with Crippen molar-refractivity contribution in [2.75, 3.05) is 26.9 Å². The predicted molar refractivity (Wildman–Crippen MR) is 79.7 cm³/mol. The minimum absolute atomic E-state index is 0.233. The van der Waals surface area contributed by atoms with E-state index in [0.717, 1.165) is 17.5 Å². The summed E-state index contributed by atoms with van der Waals surface area (Å²) in [5, 5.41) is 0. The molecular weight excluding hydrogens is 254 g/mol. The van der Waals surface area contributed by atoms with Crippen LogP contribution in [-0.2, 0) is 19.7 Å². The summed E-state index contributed by atoms with van der Waals surface area (Å²) in [4.78, 5) is 12.3. The number of carbonyl (C=O) groups excluding carboxylic acids is 1. The van der Waals surface area contributed by atoms with E-state index in [1.54, 1.807) is 0 Å². The summed E-state index contributed by atoms with van der Waals surface area (Å²) in [6.45, 7) is 5.49. The largest absolute Gasteiger partial charge is 0.468 e. The molecule has 20 heavy (non-hydrogen) atoms. The molecule has 2 N–H and O–H groups in total. The molecule has 0 bridgehead atoms. The van der Waals surface area contributed by atoms with Crippen molar-refractivity contribution < 1.29 is 14.3 Å². The molecule has 1 rings (SSSR count). The molecule has 1 aromatic rings. The zero-order chi connectivity index (χ0) is 15.0. The molecule has 0 aliphatic carbocycles. The lowest BCUT2D eigenvalue weighted by Gasteiger charge is -2.31. The molecule has 0 saturated heterocycles. The monoisotopic (exact) mass is 279 g/mol. The fourth-order valence-electron chi connectivity index (χ4n) is 2.57. The van der Waals surface area contributed by atoms with Crippen LogP contribution in [0.1, 0.15) is 30.9 Å². The second kappa shape index (κ2) is 8.02. The van der Waals surface area contributed by atoms with E-state index in [4.69, 9.17) is 15.2 Å². The first kappa shape index (κ1) is 16.7. The molecular formula is C16H25NO3.